The lowest BCUT2D eigenvalue weighted by molar-refractivity contribution is -0.121. The largest absolute Gasteiger partial charge is 0.449 e. The summed E-state index contributed by atoms with van der Waals surface area (Å²) in [6.45, 7) is 8.66. The third kappa shape index (κ3) is 5.32. The van der Waals surface area contributed by atoms with E-state index in [4.69, 9.17) is 4.74 Å². The first kappa shape index (κ1) is 22.6. The van der Waals surface area contributed by atoms with Gasteiger partial charge in [-0.05, 0) is 44.1 Å². The fraction of sp³-hybridized carbons (Fsp3) is 0.682. The molecule has 8 heteroatoms. The minimum atomic E-state index is -0.327. The molecule has 1 atom stereocenters. The van der Waals surface area contributed by atoms with Crippen molar-refractivity contribution in [3.63, 3.8) is 0 Å². The fourth-order valence-electron chi connectivity index (χ4n) is 3.95. The number of anilines is 1. The van der Waals surface area contributed by atoms with Crippen LogP contribution < -0.4 is 5.32 Å². The standard InChI is InChI=1S/C22H32N4O3S/c1-15(2)14-29-22(28)26-11-9-25(10-12-26)16(3)20(27)24-21-18(13-23)17-7-5-4-6-8-19(17)30-21/h15-16H,4-12,14H2,1-3H3,(H,24,27). The van der Waals surface area contributed by atoms with Crippen molar-refractivity contribution in [1.29, 1.82) is 5.26 Å². The van der Waals surface area contributed by atoms with E-state index in [1.165, 1.54) is 11.3 Å². The molecule has 1 aliphatic heterocycles. The first-order valence-corrected chi connectivity index (χ1v) is 11.7. The third-order valence-corrected chi connectivity index (χ3v) is 7.02. The number of nitrogens with zero attached hydrogens (tertiary/aromatic N) is 3. The van der Waals surface area contributed by atoms with Crippen molar-refractivity contribution in [3.05, 3.63) is 16.0 Å². The summed E-state index contributed by atoms with van der Waals surface area (Å²) >= 11 is 1.56. The van der Waals surface area contributed by atoms with Gasteiger partial charge in [0.15, 0.2) is 0 Å². The number of nitriles is 1. The smallest absolute Gasteiger partial charge is 0.409 e. The molecule has 1 N–H and O–H groups in total. The van der Waals surface area contributed by atoms with Crippen LogP contribution in [0.5, 0.6) is 0 Å². The van der Waals surface area contributed by atoms with Crippen LogP contribution in [-0.4, -0.2) is 60.6 Å². The van der Waals surface area contributed by atoms with Crippen molar-refractivity contribution < 1.29 is 14.3 Å². The number of amides is 2. The van der Waals surface area contributed by atoms with Crippen molar-refractivity contribution >= 4 is 28.3 Å². The molecule has 1 aliphatic carbocycles. The molecule has 164 valence electrons. The maximum Gasteiger partial charge on any atom is 0.409 e. The number of hydrogen-bond donors (Lipinski definition) is 1. The molecule has 0 bridgehead atoms. The average Bonchev–Trinajstić information content (AvgIpc) is 2.90. The Morgan fingerprint density at radius 3 is 2.50 bits per heavy atom. The Balaban J connectivity index is 1.56. The zero-order valence-electron chi connectivity index (χ0n) is 18.2. The molecule has 0 aromatic carbocycles. The predicted molar refractivity (Wildman–Crippen MR) is 118 cm³/mol. The number of rotatable bonds is 5. The Hall–Kier alpha value is -2.11. The molecule has 7 nitrogen and oxygen atoms in total. The Bertz CT molecular complexity index is 806. The molecule has 2 amide bonds. The van der Waals surface area contributed by atoms with Gasteiger partial charge in [0.2, 0.25) is 5.91 Å². The second-order valence-electron chi connectivity index (χ2n) is 8.54. The topological polar surface area (TPSA) is 85.7 Å². The normalized spacial score (nSPS) is 18.3. The Morgan fingerprint density at radius 1 is 1.13 bits per heavy atom. The Morgan fingerprint density at radius 2 is 1.83 bits per heavy atom. The minimum Gasteiger partial charge on any atom is -0.449 e. The summed E-state index contributed by atoms with van der Waals surface area (Å²) in [5, 5.41) is 13.4. The van der Waals surface area contributed by atoms with E-state index in [-0.39, 0.29) is 18.0 Å². The van der Waals surface area contributed by atoms with Crippen LogP contribution in [0.2, 0.25) is 0 Å². The highest BCUT2D eigenvalue weighted by atomic mass is 32.1. The second kappa shape index (κ2) is 10.3. The molecule has 1 unspecified atom stereocenters. The summed E-state index contributed by atoms with van der Waals surface area (Å²) in [5.74, 6) is 0.211. The summed E-state index contributed by atoms with van der Waals surface area (Å²) < 4.78 is 5.30. The number of ether oxygens (including phenoxy) is 1. The van der Waals surface area contributed by atoms with E-state index >= 15 is 0 Å². The van der Waals surface area contributed by atoms with E-state index in [1.807, 2.05) is 20.8 Å². The monoisotopic (exact) mass is 432 g/mol. The molecule has 1 aromatic rings. The number of fused-ring (bicyclic) bond motifs is 1. The van der Waals surface area contributed by atoms with Crippen molar-refractivity contribution in [3.8, 4) is 6.07 Å². The average molecular weight is 433 g/mol. The lowest BCUT2D eigenvalue weighted by Gasteiger charge is -2.36. The van der Waals surface area contributed by atoms with Crippen LogP contribution in [0, 0.1) is 17.2 Å². The van der Waals surface area contributed by atoms with Gasteiger partial charge in [0, 0.05) is 31.1 Å². The van der Waals surface area contributed by atoms with Crippen molar-refractivity contribution in [2.75, 3.05) is 38.1 Å². The van der Waals surface area contributed by atoms with Crippen LogP contribution in [-0.2, 0) is 22.4 Å². The van der Waals surface area contributed by atoms with Crippen LogP contribution in [0.25, 0.3) is 0 Å². The zero-order valence-corrected chi connectivity index (χ0v) is 19.0. The number of piperazine rings is 1. The Labute approximate surface area is 183 Å². The third-order valence-electron chi connectivity index (χ3n) is 5.81. The summed E-state index contributed by atoms with van der Waals surface area (Å²) in [5.41, 5.74) is 1.78. The maximum absolute atomic E-state index is 12.9. The number of nitrogens with one attached hydrogen (secondary N) is 1. The number of aryl methyl sites for hydroxylation is 1. The second-order valence-corrected chi connectivity index (χ2v) is 9.64. The number of hydrogen-bond acceptors (Lipinski definition) is 6. The Kier molecular flexibility index (Phi) is 7.73. The highest BCUT2D eigenvalue weighted by Crippen LogP contribution is 2.37. The summed E-state index contributed by atoms with van der Waals surface area (Å²) in [7, 11) is 0. The lowest BCUT2D eigenvalue weighted by atomic mass is 10.1. The van der Waals surface area contributed by atoms with Crippen molar-refractivity contribution in [1.82, 2.24) is 9.80 Å². The van der Waals surface area contributed by atoms with Crippen LogP contribution in [0.1, 0.15) is 56.0 Å². The minimum absolute atomic E-state index is 0.0984. The van der Waals surface area contributed by atoms with E-state index in [2.05, 4.69) is 16.3 Å². The number of thiophene rings is 1. The first-order chi connectivity index (χ1) is 14.4. The molecule has 0 saturated carbocycles. The first-order valence-electron chi connectivity index (χ1n) is 10.9. The van der Waals surface area contributed by atoms with Gasteiger partial charge in [0.05, 0.1) is 18.2 Å². The van der Waals surface area contributed by atoms with Gasteiger partial charge >= 0.3 is 6.09 Å². The summed E-state index contributed by atoms with van der Waals surface area (Å²) in [4.78, 5) is 30.0. The van der Waals surface area contributed by atoms with Crippen LogP contribution >= 0.6 is 11.3 Å². The van der Waals surface area contributed by atoms with E-state index in [1.54, 1.807) is 16.2 Å². The summed E-state index contributed by atoms with van der Waals surface area (Å²) in [6.07, 6.45) is 5.09. The van der Waals surface area contributed by atoms with Crippen LogP contribution in [0.4, 0.5) is 9.80 Å². The van der Waals surface area contributed by atoms with Gasteiger partial charge < -0.3 is 15.0 Å². The van der Waals surface area contributed by atoms with Gasteiger partial charge in [0.1, 0.15) is 11.1 Å². The lowest BCUT2D eigenvalue weighted by Crippen LogP contribution is -2.54. The van der Waals surface area contributed by atoms with Crippen molar-refractivity contribution in [2.24, 2.45) is 5.92 Å². The molecule has 30 heavy (non-hydrogen) atoms. The SMILES string of the molecule is CC(C)COC(=O)N1CCN(C(C)C(=O)Nc2sc3c(c2C#N)CCCCC3)CC1. The van der Waals surface area contributed by atoms with E-state index < -0.39 is 0 Å². The van der Waals surface area contributed by atoms with Crippen LogP contribution in [0.15, 0.2) is 0 Å². The van der Waals surface area contributed by atoms with E-state index in [9.17, 15) is 14.9 Å². The number of carbonyl (C=O) groups is 2. The molecule has 1 saturated heterocycles. The maximum atomic E-state index is 12.9. The zero-order chi connectivity index (χ0) is 21.7. The van der Waals surface area contributed by atoms with Gasteiger partial charge in [0.25, 0.3) is 0 Å². The summed E-state index contributed by atoms with van der Waals surface area (Å²) in [6, 6.07) is 1.99. The van der Waals surface area contributed by atoms with Gasteiger partial charge in [-0.1, -0.05) is 20.3 Å². The van der Waals surface area contributed by atoms with Gasteiger partial charge in [-0.2, -0.15) is 5.26 Å². The van der Waals surface area contributed by atoms with Gasteiger partial charge in [-0.25, -0.2) is 4.79 Å². The highest BCUT2D eigenvalue weighted by Gasteiger charge is 2.29. The number of carbonyl (C=O) groups excluding carboxylic acids is 2. The molecular formula is C22H32N4O3S. The van der Waals surface area contributed by atoms with Gasteiger partial charge in [-0.3, -0.25) is 9.69 Å². The van der Waals surface area contributed by atoms with Crippen LogP contribution in [0.3, 0.4) is 0 Å². The molecule has 2 heterocycles. The predicted octanol–water partition coefficient (Wildman–Crippen LogP) is 3.63. The highest BCUT2D eigenvalue weighted by molar-refractivity contribution is 7.16. The van der Waals surface area contributed by atoms with E-state index in [0.29, 0.717) is 49.3 Å². The van der Waals surface area contributed by atoms with Gasteiger partial charge in [-0.15, -0.1) is 11.3 Å². The molecule has 3 rings (SSSR count). The quantitative estimate of drug-likeness (QED) is 0.718. The van der Waals surface area contributed by atoms with Crippen molar-refractivity contribution in [2.45, 2.75) is 58.9 Å². The molecule has 1 fully saturated rings. The molecular weight excluding hydrogens is 400 g/mol. The molecule has 2 aliphatic rings. The molecule has 1 aromatic heterocycles. The molecule has 0 radical (unpaired) electrons. The fourth-order valence-corrected chi connectivity index (χ4v) is 5.19. The molecule has 0 spiro atoms. The van der Waals surface area contributed by atoms with E-state index in [0.717, 1.165) is 31.2 Å².